The van der Waals surface area contributed by atoms with Crippen molar-refractivity contribution in [2.75, 3.05) is 6.54 Å². The van der Waals surface area contributed by atoms with Gasteiger partial charge >= 0.3 is 0 Å². The van der Waals surface area contributed by atoms with Gasteiger partial charge in [-0.1, -0.05) is 38.1 Å². The Hall–Kier alpha value is -1.35. The van der Waals surface area contributed by atoms with Crippen LogP contribution in [0.25, 0.3) is 0 Å². The predicted molar refractivity (Wildman–Crippen MR) is 84.7 cm³/mol. The summed E-state index contributed by atoms with van der Waals surface area (Å²) in [5.74, 6) is 1.74. The van der Waals surface area contributed by atoms with Crippen LogP contribution in [0.4, 0.5) is 0 Å². The standard InChI is InChI=1S/C18H27NO2/c1-13-9-14(2)11-17(10-13)18(21)19-8-7-15-3-5-16(12-20)6-4-15/h3-6,13-14,17,20H,7-12H2,1-2H3,(H,19,21). The fourth-order valence-electron chi connectivity index (χ4n) is 3.45. The normalized spacial score (nSPS) is 25.6. The molecule has 1 aromatic rings. The van der Waals surface area contributed by atoms with Gasteiger partial charge in [0.15, 0.2) is 0 Å². The lowest BCUT2D eigenvalue weighted by Crippen LogP contribution is -2.36. The Kier molecular flexibility index (Phi) is 5.80. The van der Waals surface area contributed by atoms with Crippen LogP contribution in [-0.2, 0) is 17.8 Å². The first-order chi connectivity index (χ1) is 10.1. The second kappa shape index (κ2) is 7.60. The summed E-state index contributed by atoms with van der Waals surface area (Å²) in [6, 6.07) is 7.90. The predicted octanol–water partition coefficient (Wildman–Crippen LogP) is 2.91. The Balaban J connectivity index is 1.75. The number of hydrogen-bond acceptors (Lipinski definition) is 2. The van der Waals surface area contributed by atoms with E-state index in [0.717, 1.165) is 24.8 Å². The van der Waals surface area contributed by atoms with Crippen molar-refractivity contribution < 1.29 is 9.90 Å². The molecule has 1 fully saturated rings. The highest BCUT2D eigenvalue weighted by molar-refractivity contribution is 5.78. The number of hydrogen-bond donors (Lipinski definition) is 2. The molecule has 2 atom stereocenters. The van der Waals surface area contributed by atoms with Gasteiger partial charge in [-0.3, -0.25) is 4.79 Å². The van der Waals surface area contributed by atoms with Gasteiger partial charge in [0.2, 0.25) is 5.91 Å². The maximum Gasteiger partial charge on any atom is 0.223 e. The molecule has 2 N–H and O–H groups in total. The van der Waals surface area contributed by atoms with Crippen LogP contribution in [0.3, 0.4) is 0 Å². The third-order valence-corrected chi connectivity index (χ3v) is 4.47. The molecule has 0 saturated heterocycles. The summed E-state index contributed by atoms with van der Waals surface area (Å²) in [5.41, 5.74) is 2.12. The van der Waals surface area contributed by atoms with Gasteiger partial charge in [-0.15, -0.1) is 0 Å². The Morgan fingerprint density at radius 3 is 2.24 bits per heavy atom. The minimum absolute atomic E-state index is 0.0784. The molecule has 2 rings (SSSR count). The molecule has 0 aromatic heterocycles. The number of carbonyl (C=O) groups excluding carboxylic acids is 1. The lowest BCUT2D eigenvalue weighted by atomic mass is 9.76. The quantitative estimate of drug-likeness (QED) is 0.875. The molecule has 1 aliphatic rings. The third kappa shape index (κ3) is 4.85. The minimum Gasteiger partial charge on any atom is -0.392 e. The lowest BCUT2D eigenvalue weighted by molar-refractivity contribution is -0.126. The molecule has 1 aromatic carbocycles. The van der Waals surface area contributed by atoms with E-state index in [2.05, 4.69) is 19.2 Å². The van der Waals surface area contributed by atoms with Crippen molar-refractivity contribution in [3.8, 4) is 0 Å². The van der Waals surface area contributed by atoms with Gasteiger partial charge < -0.3 is 10.4 Å². The molecule has 2 unspecified atom stereocenters. The molecule has 0 aliphatic heterocycles. The Bertz CT molecular complexity index is 445. The number of aliphatic hydroxyl groups is 1. The van der Waals surface area contributed by atoms with Gasteiger partial charge in [-0.2, -0.15) is 0 Å². The van der Waals surface area contributed by atoms with Gasteiger partial charge in [0.05, 0.1) is 6.61 Å². The van der Waals surface area contributed by atoms with Gasteiger partial charge in [-0.25, -0.2) is 0 Å². The second-order valence-electron chi connectivity index (χ2n) is 6.63. The van der Waals surface area contributed by atoms with Crippen molar-refractivity contribution in [1.29, 1.82) is 0 Å². The Labute approximate surface area is 127 Å². The molecule has 1 amide bonds. The van der Waals surface area contributed by atoms with E-state index in [0.29, 0.717) is 18.4 Å². The first-order valence-corrected chi connectivity index (χ1v) is 8.05. The molecule has 0 bridgehead atoms. The second-order valence-corrected chi connectivity index (χ2v) is 6.63. The maximum atomic E-state index is 12.2. The average molecular weight is 289 g/mol. The van der Waals surface area contributed by atoms with E-state index in [4.69, 9.17) is 5.11 Å². The molecule has 3 heteroatoms. The van der Waals surface area contributed by atoms with Crippen molar-refractivity contribution >= 4 is 5.91 Å². The van der Waals surface area contributed by atoms with Gasteiger partial charge in [0.1, 0.15) is 0 Å². The van der Waals surface area contributed by atoms with Crippen molar-refractivity contribution in [3.05, 3.63) is 35.4 Å². The van der Waals surface area contributed by atoms with Crippen LogP contribution in [0.5, 0.6) is 0 Å². The van der Waals surface area contributed by atoms with Crippen LogP contribution in [0.2, 0.25) is 0 Å². The molecular weight excluding hydrogens is 262 g/mol. The van der Waals surface area contributed by atoms with Gasteiger partial charge in [-0.05, 0) is 48.6 Å². The van der Waals surface area contributed by atoms with E-state index in [9.17, 15) is 4.79 Å². The van der Waals surface area contributed by atoms with Crippen LogP contribution < -0.4 is 5.32 Å². The highest BCUT2D eigenvalue weighted by atomic mass is 16.3. The van der Waals surface area contributed by atoms with Crippen LogP contribution in [0.15, 0.2) is 24.3 Å². The highest BCUT2D eigenvalue weighted by Crippen LogP contribution is 2.32. The van der Waals surface area contributed by atoms with E-state index >= 15 is 0 Å². The summed E-state index contributed by atoms with van der Waals surface area (Å²) in [7, 11) is 0. The molecular formula is C18H27NO2. The Morgan fingerprint density at radius 2 is 1.67 bits per heavy atom. The summed E-state index contributed by atoms with van der Waals surface area (Å²) in [5, 5.41) is 12.1. The molecule has 116 valence electrons. The highest BCUT2D eigenvalue weighted by Gasteiger charge is 2.28. The van der Waals surface area contributed by atoms with E-state index in [1.54, 1.807) is 0 Å². The molecule has 0 spiro atoms. The first kappa shape index (κ1) is 16.0. The van der Waals surface area contributed by atoms with Crippen LogP contribution >= 0.6 is 0 Å². The van der Waals surface area contributed by atoms with Crippen LogP contribution in [-0.4, -0.2) is 17.6 Å². The lowest BCUT2D eigenvalue weighted by Gasteiger charge is -2.30. The van der Waals surface area contributed by atoms with Crippen molar-refractivity contribution in [1.82, 2.24) is 5.32 Å². The molecule has 0 radical (unpaired) electrons. The van der Waals surface area contributed by atoms with Crippen LogP contribution in [0.1, 0.15) is 44.2 Å². The van der Waals surface area contributed by atoms with E-state index < -0.39 is 0 Å². The largest absolute Gasteiger partial charge is 0.392 e. The van der Waals surface area contributed by atoms with E-state index in [1.807, 2.05) is 24.3 Å². The van der Waals surface area contributed by atoms with Crippen LogP contribution in [0, 0.1) is 17.8 Å². The molecule has 3 nitrogen and oxygen atoms in total. The fourth-order valence-corrected chi connectivity index (χ4v) is 3.45. The monoisotopic (exact) mass is 289 g/mol. The molecule has 1 aliphatic carbocycles. The summed E-state index contributed by atoms with van der Waals surface area (Å²) in [6.07, 6.45) is 4.15. The zero-order valence-corrected chi connectivity index (χ0v) is 13.1. The topological polar surface area (TPSA) is 49.3 Å². The Morgan fingerprint density at radius 1 is 1.10 bits per heavy atom. The minimum atomic E-state index is 0.0784. The number of carbonyl (C=O) groups is 1. The number of amides is 1. The van der Waals surface area contributed by atoms with E-state index in [-0.39, 0.29) is 18.4 Å². The average Bonchev–Trinajstić information content (AvgIpc) is 2.47. The summed E-state index contributed by atoms with van der Waals surface area (Å²) < 4.78 is 0. The van der Waals surface area contributed by atoms with Crippen molar-refractivity contribution in [3.63, 3.8) is 0 Å². The molecule has 1 saturated carbocycles. The number of nitrogens with one attached hydrogen (secondary N) is 1. The maximum absolute atomic E-state index is 12.2. The van der Waals surface area contributed by atoms with Crippen molar-refractivity contribution in [2.45, 2.75) is 46.1 Å². The third-order valence-electron chi connectivity index (χ3n) is 4.47. The number of rotatable bonds is 5. The molecule has 21 heavy (non-hydrogen) atoms. The van der Waals surface area contributed by atoms with E-state index in [1.165, 1.54) is 12.0 Å². The summed E-state index contributed by atoms with van der Waals surface area (Å²) in [4.78, 5) is 12.2. The fraction of sp³-hybridized carbons (Fsp3) is 0.611. The number of aliphatic hydroxyl groups excluding tert-OH is 1. The zero-order chi connectivity index (χ0) is 15.2. The van der Waals surface area contributed by atoms with Crippen molar-refractivity contribution in [2.24, 2.45) is 17.8 Å². The first-order valence-electron chi connectivity index (χ1n) is 8.05. The number of benzene rings is 1. The SMILES string of the molecule is CC1CC(C)CC(C(=O)NCCc2ccc(CO)cc2)C1. The summed E-state index contributed by atoms with van der Waals surface area (Å²) in [6.45, 7) is 5.27. The smallest absolute Gasteiger partial charge is 0.223 e. The summed E-state index contributed by atoms with van der Waals surface area (Å²) >= 11 is 0. The molecule has 0 heterocycles. The van der Waals surface area contributed by atoms with Gasteiger partial charge in [0.25, 0.3) is 0 Å². The van der Waals surface area contributed by atoms with Gasteiger partial charge in [0, 0.05) is 12.5 Å². The zero-order valence-electron chi connectivity index (χ0n) is 13.1.